The minimum atomic E-state index is 0.461. The number of methoxy groups -OCH3 is 1. The molecule has 0 saturated heterocycles. The predicted octanol–water partition coefficient (Wildman–Crippen LogP) is 0.722. The Bertz CT molecular complexity index is 553. The highest BCUT2D eigenvalue weighted by Crippen LogP contribution is 2.24. The van der Waals surface area contributed by atoms with Gasteiger partial charge in [-0.15, -0.1) is 9.77 Å². The van der Waals surface area contributed by atoms with E-state index in [1.165, 1.54) is 11.0 Å². The van der Waals surface area contributed by atoms with Crippen molar-refractivity contribution in [1.29, 1.82) is 0 Å². The molecule has 94 valence electrons. The number of H-pyrrole nitrogens is 1. The van der Waals surface area contributed by atoms with Gasteiger partial charge in [-0.05, 0) is 17.7 Å². The summed E-state index contributed by atoms with van der Waals surface area (Å²) in [6, 6.07) is 5.51. The molecule has 0 fully saturated rings. The van der Waals surface area contributed by atoms with Crippen LogP contribution in [0.1, 0.15) is 5.56 Å². The van der Waals surface area contributed by atoms with Gasteiger partial charge in [-0.1, -0.05) is 22.8 Å². The Morgan fingerprint density at radius 2 is 2.44 bits per heavy atom. The summed E-state index contributed by atoms with van der Waals surface area (Å²) in [5.41, 5.74) is 6.79. The molecule has 0 amide bonds. The van der Waals surface area contributed by atoms with Gasteiger partial charge < -0.3 is 10.5 Å². The molecule has 3 N–H and O–H groups in total. The SMILES string of the molecule is COc1ccc(CC(N)=N[n+]2cn[nH]c2)cc1Cl. The third kappa shape index (κ3) is 2.98. The van der Waals surface area contributed by atoms with E-state index in [1.54, 1.807) is 19.5 Å². The highest BCUT2D eigenvalue weighted by atomic mass is 35.5. The number of benzene rings is 1. The van der Waals surface area contributed by atoms with Gasteiger partial charge in [0, 0.05) is 11.5 Å². The van der Waals surface area contributed by atoms with E-state index < -0.39 is 0 Å². The van der Waals surface area contributed by atoms with Gasteiger partial charge in [0.25, 0.3) is 6.33 Å². The van der Waals surface area contributed by atoms with Crippen LogP contribution >= 0.6 is 11.6 Å². The molecule has 0 saturated carbocycles. The summed E-state index contributed by atoms with van der Waals surface area (Å²) in [6.07, 6.45) is 3.61. The quantitative estimate of drug-likeness (QED) is 0.486. The van der Waals surface area contributed by atoms with Gasteiger partial charge in [0.2, 0.25) is 6.33 Å². The summed E-state index contributed by atoms with van der Waals surface area (Å²) in [5, 5.41) is 11.1. The second-order valence-electron chi connectivity index (χ2n) is 3.62. The normalized spacial score (nSPS) is 11.6. The van der Waals surface area contributed by atoms with Gasteiger partial charge in [0.1, 0.15) is 11.6 Å². The van der Waals surface area contributed by atoms with E-state index in [0.29, 0.717) is 23.0 Å². The summed E-state index contributed by atoms with van der Waals surface area (Å²) in [7, 11) is 1.58. The second-order valence-corrected chi connectivity index (χ2v) is 4.03. The van der Waals surface area contributed by atoms with Crippen molar-refractivity contribution < 1.29 is 9.41 Å². The molecule has 0 radical (unpaired) electrons. The van der Waals surface area contributed by atoms with E-state index >= 15 is 0 Å². The van der Waals surface area contributed by atoms with Crippen LogP contribution < -0.4 is 15.1 Å². The van der Waals surface area contributed by atoms with E-state index in [9.17, 15) is 0 Å². The smallest absolute Gasteiger partial charge is 0.288 e. The lowest BCUT2D eigenvalue weighted by atomic mass is 10.1. The number of aromatic amines is 1. The summed E-state index contributed by atoms with van der Waals surface area (Å²) >= 11 is 6.03. The van der Waals surface area contributed by atoms with E-state index in [2.05, 4.69) is 15.3 Å². The molecular weight excluding hydrogens is 254 g/mol. The van der Waals surface area contributed by atoms with Gasteiger partial charge in [-0.3, -0.25) is 0 Å². The Hall–Kier alpha value is -2.08. The fourth-order valence-corrected chi connectivity index (χ4v) is 1.77. The first-order valence-corrected chi connectivity index (χ1v) is 5.62. The Kier molecular flexibility index (Phi) is 3.78. The topological polar surface area (TPSA) is 80.2 Å². The molecule has 0 aliphatic rings. The molecule has 18 heavy (non-hydrogen) atoms. The average molecular weight is 267 g/mol. The summed E-state index contributed by atoms with van der Waals surface area (Å²) in [5.74, 6) is 1.10. The maximum Gasteiger partial charge on any atom is 0.288 e. The number of halogens is 1. The largest absolute Gasteiger partial charge is 0.495 e. The monoisotopic (exact) mass is 266 g/mol. The third-order valence-electron chi connectivity index (χ3n) is 2.29. The molecule has 0 bridgehead atoms. The molecule has 2 aromatic rings. The number of hydrogen-bond acceptors (Lipinski definition) is 3. The number of amidine groups is 1. The van der Waals surface area contributed by atoms with Crippen LogP contribution in [0.3, 0.4) is 0 Å². The van der Waals surface area contributed by atoms with Crippen molar-refractivity contribution in [1.82, 2.24) is 10.2 Å². The summed E-state index contributed by atoms with van der Waals surface area (Å²) in [4.78, 5) is 0. The first kappa shape index (κ1) is 12.4. The van der Waals surface area contributed by atoms with Crippen molar-refractivity contribution in [3.05, 3.63) is 41.4 Å². The number of aromatic nitrogens is 3. The fraction of sp³-hybridized carbons (Fsp3) is 0.182. The molecule has 1 aromatic heterocycles. The van der Waals surface area contributed by atoms with Gasteiger partial charge in [0.05, 0.1) is 12.1 Å². The molecule has 0 aliphatic heterocycles. The van der Waals surface area contributed by atoms with E-state index in [-0.39, 0.29) is 0 Å². The summed E-state index contributed by atoms with van der Waals surface area (Å²) < 4.78 is 6.58. The van der Waals surface area contributed by atoms with Crippen LogP contribution in [-0.4, -0.2) is 23.1 Å². The molecular formula is C11H13ClN5O+. The lowest BCUT2D eigenvalue weighted by molar-refractivity contribution is -0.679. The van der Waals surface area contributed by atoms with Gasteiger partial charge >= 0.3 is 0 Å². The molecule has 6 nitrogen and oxygen atoms in total. The van der Waals surface area contributed by atoms with Crippen molar-refractivity contribution in [2.75, 3.05) is 7.11 Å². The molecule has 7 heteroatoms. The van der Waals surface area contributed by atoms with Gasteiger partial charge in [0.15, 0.2) is 0 Å². The Morgan fingerprint density at radius 3 is 3.06 bits per heavy atom. The van der Waals surface area contributed by atoms with Gasteiger partial charge in [-0.25, -0.2) is 0 Å². The van der Waals surface area contributed by atoms with Crippen molar-refractivity contribution in [2.45, 2.75) is 6.42 Å². The third-order valence-corrected chi connectivity index (χ3v) is 2.58. The first-order valence-electron chi connectivity index (χ1n) is 5.25. The predicted molar refractivity (Wildman–Crippen MR) is 67.5 cm³/mol. The standard InChI is InChI=1S/C11H12ClN5O/c1-18-10-3-2-8(4-9(10)12)5-11(13)16-17-6-14-15-7-17/h2-4,6-7H,5H2,1H3,(H2,13,16)/p+1. The van der Waals surface area contributed by atoms with Crippen LogP contribution in [0, 0.1) is 0 Å². The fourth-order valence-electron chi connectivity index (χ4n) is 1.49. The number of rotatable bonds is 4. The lowest BCUT2D eigenvalue weighted by Gasteiger charge is -2.05. The van der Waals surface area contributed by atoms with Crippen LogP contribution in [0.4, 0.5) is 0 Å². The zero-order valence-corrected chi connectivity index (χ0v) is 10.6. The number of nitrogens with zero attached hydrogens (tertiary/aromatic N) is 3. The van der Waals surface area contributed by atoms with Crippen molar-refractivity contribution in [2.24, 2.45) is 10.8 Å². The van der Waals surface area contributed by atoms with Crippen molar-refractivity contribution in [3.63, 3.8) is 0 Å². The number of nitrogens with one attached hydrogen (secondary N) is 1. The molecule has 2 rings (SSSR count). The van der Waals surface area contributed by atoms with E-state index in [0.717, 1.165) is 5.56 Å². The Morgan fingerprint density at radius 1 is 1.61 bits per heavy atom. The second kappa shape index (κ2) is 5.50. The minimum absolute atomic E-state index is 0.461. The maximum absolute atomic E-state index is 6.03. The van der Waals surface area contributed by atoms with Crippen LogP contribution in [0.15, 0.2) is 36.0 Å². The van der Waals surface area contributed by atoms with Crippen LogP contribution in [-0.2, 0) is 6.42 Å². The zero-order valence-electron chi connectivity index (χ0n) is 9.80. The molecule has 0 spiro atoms. The van der Waals surface area contributed by atoms with Crippen LogP contribution in [0.2, 0.25) is 5.02 Å². The van der Waals surface area contributed by atoms with E-state index in [4.69, 9.17) is 22.1 Å². The molecule has 1 heterocycles. The highest BCUT2D eigenvalue weighted by Gasteiger charge is 2.04. The van der Waals surface area contributed by atoms with E-state index in [1.807, 2.05) is 12.1 Å². The number of nitrogens with two attached hydrogens (primary N) is 1. The Labute approximate surface area is 109 Å². The number of ether oxygens (including phenoxy) is 1. The van der Waals surface area contributed by atoms with Crippen molar-refractivity contribution in [3.8, 4) is 5.75 Å². The van der Waals surface area contributed by atoms with Gasteiger partial charge in [-0.2, -0.15) is 0 Å². The van der Waals surface area contributed by atoms with Crippen molar-refractivity contribution >= 4 is 17.4 Å². The van der Waals surface area contributed by atoms with Crippen LogP contribution in [0.25, 0.3) is 0 Å². The molecule has 0 aliphatic carbocycles. The highest BCUT2D eigenvalue weighted by molar-refractivity contribution is 6.32. The summed E-state index contributed by atoms with van der Waals surface area (Å²) in [6.45, 7) is 0. The molecule has 1 aromatic carbocycles. The Balaban J connectivity index is 2.12. The zero-order chi connectivity index (χ0) is 13.0. The number of hydrogen-bond donors (Lipinski definition) is 2. The average Bonchev–Trinajstić information content (AvgIpc) is 2.82. The molecule has 0 atom stereocenters. The lowest BCUT2D eigenvalue weighted by Crippen LogP contribution is -2.30. The minimum Gasteiger partial charge on any atom is -0.495 e. The van der Waals surface area contributed by atoms with Crippen LogP contribution in [0.5, 0.6) is 5.75 Å². The maximum atomic E-state index is 6.03. The molecule has 0 unspecified atom stereocenters. The first-order chi connectivity index (χ1) is 8.69.